The molecule has 0 aromatic heterocycles. The van der Waals surface area contributed by atoms with Crippen molar-refractivity contribution in [3.8, 4) is 0 Å². The van der Waals surface area contributed by atoms with Crippen LogP contribution in [0.15, 0.2) is 0 Å². The molecule has 0 rings (SSSR count). The van der Waals surface area contributed by atoms with E-state index < -0.39 is 0 Å². The third-order valence-electron chi connectivity index (χ3n) is 2.01. The van der Waals surface area contributed by atoms with Crippen LogP contribution in [0.25, 0.3) is 0 Å². The molecule has 0 aromatic carbocycles. The molecule has 1 N–H and O–H groups in total. The normalized spacial score (nSPS) is 12.3. The Hall–Kier alpha value is -0.150. The van der Waals surface area contributed by atoms with Crippen LogP contribution in [0.1, 0.15) is 27.7 Å². The van der Waals surface area contributed by atoms with Gasteiger partial charge in [-0.2, -0.15) is 0 Å². The smallest absolute Gasteiger partial charge is 0.0779 e. The largest absolute Gasteiger partial charge is 0.379 e. The highest BCUT2D eigenvalue weighted by Crippen LogP contribution is 2.14. The molecule has 84 valence electrons. The van der Waals surface area contributed by atoms with E-state index in [2.05, 4.69) is 52.0 Å². The molecule has 0 bridgehead atoms. The monoisotopic (exact) mass is 216 g/mol. The number of thiocarbonyl (C=S) groups is 1. The van der Waals surface area contributed by atoms with Gasteiger partial charge < -0.3 is 10.2 Å². The molecule has 2 nitrogen and oxygen atoms in total. The predicted octanol–water partition coefficient (Wildman–Crippen LogP) is 2.15. The molecule has 0 aliphatic heterocycles. The van der Waals surface area contributed by atoms with Crippen molar-refractivity contribution in [2.45, 2.75) is 27.7 Å². The van der Waals surface area contributed by atoms with Crippen molar-refractivity contribution in [3.63, 3.8) is 0 Å². The zero-order valence-electron chi connectivity index (χ0n) is 10.3. The Morgan fingerprint density at radius 1 is 1.36 bits per heavy atom. The van der Waals surface area contributed by atoms with Crippen LogP contribution in [-0.4, -0.2) is 37.1 Å². The third kappa shape index (κ3) is 6.33. The van der Waals surface area contributed by atoms with Crippen LogP contribution in [0.3, 0.4) is 0 Å². The van der Waals surface area contributed by atoms with Crippen molar-refractivity contribution in [1.82, 2.24) is 10.2 Å². The minimum atomic E-state index is 0.266. The molecule has 0 fully saturated rings. The summed E-state index contributed by atoms with van der Waals surface area (Å²) in [6, 6.07) is 0. The summed E-state index contributed by atoms with van der Waals surface area (Å²) < 4.78 is 0. The molecule has 0 saturated carbocycles. The van der Waals surface area contributed by atoms with Crippen LogP contribution in [-0.2, 0) is 0 Å². The Kier molecular flexibility index (Phi) is 5.60. The molecule has 0 saturated heterocycles. The van der Waals surface area contributed by atoms with E-state index in [1.54, 1.807) is 0 Å². The Morgan fingerprint density at radius 3 is 2.21 bits per heavy atom. The lowest BCUT2D eigenvalue weighted by Gasteiger charge is -2.29. The van der Waals surface area contributed by atoms with E-state index >= 15 is 0 Å². The van der Waals surface area contributed by atoms with Crippen molar-refractivity contribution in [2.75, 3.05) is 27.2 Å². The summed E-state index contributed by atoms with van der Waals surface area (Å²) in [5.41, 5.74) is 0.266. The number of hydrogen-bond acceptors (Lipinski definition) is 2. The van der Waals surface area contributed by atoms with E-state index in [1.165, 1.54) is 0 Å². The SMILES string of the molecule is CC(C)C(=S)NCC(C)(C)CN(C)C. The maximum atomic E-state index is 5.23. The number of hydrogen-bond donors (Lipinski definition) is 1. The fraction of sp³-hybridized carbons (Fsp3) is 0.909. The highest BCUT2D eigenvalue weighted by Gasteiger charge is 2.19. The quantitative estimate of drug-likeness (QED) is 0.709. The number of nitrogens with one attached hydrogen (secondary N) is 1. The average molecular weight is 216 g/mol. The van der Waals surface area contributed by atoms with Gasteiger partial charge >= 0.3 is 0 Å². The lowest BCUT2D eigenvalue weighted by atomic mass is 9.93. The van der Waals surface area contributed by atoms with Crippen molar-refractivity contribution in [3.05, 3.63) is 0 Å². The Bertz CT molecular complexity index is 186. The minimum absolute atomic E-state index is 0.266. The Labute approximate surface area is 94.1 Å². The second-order valence-corrected chi connectivity index (χ2v) is 5.71. The summed E-state index contributed by atoms with van der Waals surface area (Å²) in [6.45, 7) is 10.8. The van der Waals surface area contributed by atoms with Gasteiger partial charge in [0.25, 0.3) is 0 Å². The van der Waals surface area contributed by atoms with Gasteiger partial charge in [0.2, 0.25) is 0 Å². The van der Waals surface area contributed by atoms with E-state index in [0.717, 1.165) is 18.1 Å². The van der Waals surface area contributed by atoms with Crippen molar-refractivity contribution < 1.29 is 0 Å². The van der Waals surface area contributed by atoms with Crippen LogP contribution in [0.5, 0.6) is 0 Å². The van der Waals surface area contributed by atoms with Gasteiger partial charge in [-0.1, -0.05) is 39.9 Å². The fourth-order valence-corrected chi connectivity index (χ4v) is 1.51. The van der Waals surface area contributed by atoms with Gasteiger partial charge in [-0.25, -0.2) is 0 Å². The van der Waals surface area contributed by atoms with Crippen LogP contribution in [0, 0.1) is 11.3 Å². The number of nitrogens with zero attached hydrogens (tertiary/aromatic N) is 1. The summed E-state index contributed by atoms with van der Waals surface area (Å²) in [7, 11) is 4.20. The summed E-state index contributed by atoms with van der Waals surface area (Å²) in [5, 5.41) is 3.33. The van der Waals surface area contributed by atoms with Gasteiger partial charge in [0, 0.05) is 19.0 Å². The van der Waals surface area contributed by atoms with Crippen LogP contribution in [0.2, 0.25) is 0 Å². The molecule has 0 aliphatic carbocycles. The molecule has 0 spiro atoms. The molecular weight excluding hydrogens is 192 g/mol. The second kappa shape index (κ2) is 5.66. The summed E-state index contributed by atoms with van der Waals surface area (Å²) in [5.74, 6) is 0.445. The predicted molar refractivity (Wildman–Crippen MR) is 67.8 cm³/mol. The van der Waals surface area contributed by atoms with Crippen LogP contribution < -0.4 is 5.32 Å². The van der Waals surface area contributed by atoms with E-state index in [0.29, 0.717) is 5.92 Å². The van der Waals surface area contributed by atoms with E-state index in [-0.39, 0.29) is 5.41 Å². The summed E-state index contributed by atoms with van der Waals surface area (Å²) in [6.07, 6.45) is 0. The number of rotatable bonds is 5. The Morgan fingerprint density at radius 2 is 1.86 bits per heavy atom. The summed E-state index contributed by atoms with van der Waals surface area (Å²) >= 11 is 5.23. The van der Waals surface area contributed by atoms with Gasteiger partial charge in [0.1, 0.15) is 0 Å². The molecule has 0 atom stereocenters. The lowest BCUT2D eigenvalue weighted by Crippen LogP contribution is -2.40. The zero-order valence-corrected chi connectivity index (χ0v) is 11.2. The standard InChI is InChI=1S/C11H24N2S/c1-9(2)10(14)12-7-11(3,4)8-13(5)6/h9H,7-8H2,1-6H3,(H,12,14). The van der Waals surface area contributed by atoms with Crippen molar-refractivity contribution in [1.29, 1.82) is 0 Å². The van der Waals surface area contributed by atoms with Crippen LogP contribution >= 0.6 is 12.2 Å². The maximum Gasteiger partial charge on any atom is 0.0779 e. The first-order valence-corrected chi connectivity index (χ1v) is 5.58. The molecule has 3 heteroatoms. The molecule has 0 heterocycles. The zero-order chi connectivity index (χ0) is 11.4. The van der Waals surface area contributed by atoms with Crippen molar-refractivity contribution >= 4 is 17.2 Å². The molecule has 0 radical (unpaired) electrons. The Balaban J connectivity index is 3.92. The van der Waals surface area contributed by atoms with E-state index in [1.807, 2.05) is 0 Å². The van der Waals surface area contributed by atoms with Gasteiger partial charge in [0.05, 0.1) is 4.99 Å². The first-order valence-electron chi connectivity index (χ1n) is 5.17. The molecule has 14 heavy (non-hydrogen) atoms. The average Bonchev–Trinajstić information content (AvgIpc) is 1.97. The van der Waals surface area contributed by atoms with Gasteiger partial charge in [-0.3, -0.25) is 0 Å². The van der Waals surface area contributed by atoms with Gasteiger partial charge in [-0.15, -0.1) is 0 Å². The second-order valence-electron chi connectivity index (χ2n) is 5.27. The van der Waals surface area contributed by atoms with E-state index in [9.17, 15) is 0 Å². The van der Waals surface area contributed by atoms with Gasteiger partial charge in [0.15, 0.2) is 0 Å². The van der Waals surface area contributed by atoms with E-state index in [4.69, 9.17) is 12.2 Å². The first kappa shape index (κ1) is 13.8. The molecule has 0 amide bonds. The first-order chi connectivity index (χ1) is 6.24. The molecular formula is C11H24N2S. The minimum Gasteiger partial charge on any atom is -0.379 e. The summed E-state index contributed by atoms with van der Waals surface area (Å²) in [4.78, 5) is 3.18. The third-order valence-corrected chi connectivity index (χ3v) is 2.63. The molecule has 0 aromatic rings. The topological polar surface area (TPSA) is 15.3 Å². The van der Waals surface area contributed by atoms with Crippen LogP contribution in [0.4, 0.5) is 0 Å². The van der Waals surface area contributed by atoms with Crippen molar-refractivity contribution in [2.24, 2.45) is 11.3 Å². The highest BCUT2D eigenvalue weighted by atomic mass is 32.1. The fourth-order valence-electron chi connectivity index (χ4n) is 1.44. The van der Waals surface area contributed by atoms with Gasteiger partial charge in [-0.05, 0) is 19.5 Å². The molecule has 0 aliphatic rings. The maximum absolute atomic E-state index is 5.23. The molecule has 0 unspecified atom stereocenters. The lowest BCUT2D eigenvalue weighted by molar-refractivity contribution is 0.241. The highest BCUT2D eigenvalue weighted by molar-refractivity contribution is 7.80.